The predicted molar refractivity (Wildman–Crippen MR) is 71.5 cm³/mol. The SMILES string of the molecule is Cc1ccc(-c2[nH]ncc2/C=C(\C#N)C(N)=O)cc1. The van der Waals surface area contributed by atoms with E-state index in [1.807, 2.05) is 31.2 Å². The van der Waals surface area contributed by atoms with Gasteiger partial charge in [0, 0.05) is 11.1 Å². The summed E-state index contributed by atoms with van der Waals surface area (Å²) in [6.45, 7) is 2.00. The van der Waals surface area contributed by atoms with Crippen molar-refractivity contribution in [1.82, 2.24) is 10.2 Å². The minimum Gasteiger partial charge on any atom is -0.365 e. The lowest BCUT2D eigenvalue weighted by molar-refractivity contribution is -0.114. The summed E-state index contributed by atoms with van der Waals surface area (Å²) in [6, 6.07) is 9.60. The van der Waals surface area contributed by atoms with Crippen molar-refractivity contribution in [2.24, 2.45) is 5.73 Å². The van der Waals surface area contributed by atoms with Crippen molar-refractivity contribution in [1.29, 1.82) is 5.26 Å². The van der Waals surface area contributed by atoms with Gasteiger partial charge in [-0.2, -0.15) is 10.4 Å². The molecule has 0 spiro atoms. The van der Waals surface area contributed by atoms with Gasteiger partial charge >= 0.3 is 0 Å². The maximum Gasteiger partial charge on any atom is 0.259 e. The van der Waals surface area contributed by atoms with Crippen LogP contribution in [0.4, 0.5) is 0 Å². The van der Waals surface area contributed by atoms with Gasteiger partial charge in [-0.15, -0.1) is 0 Å². The first-order valence-corrected chi connectivity index (χ1v) is 5.64. The molecule has 19 heavy (non-hydrogen) atoms. The van der Waals surface area contributed by atoms with Crippen LogP contribution in [0.1, 0.15) is 11.1 Å². The molecular weight excluding hydrogens is 240 g/mol. The van der Waals surface area contributed by atoms with E-state index in [9.17, 15) is 4.79 Å². The molecule has 1 aromatic carbocycles. The standard InChI is InChI=1S/C14H12N4O/c1-9-2-4-10(5-3-9)13-12(8-17-18-13)6-11(7-15)14(16)19/h2-6,8H,1H3,(H2,16,19)(H,17,18)/b11-6+. The number of amides is 1. The fraction of sp³-hybridized carbons (Fsp3) is 0.0714. The Hall–Kier alpha value is -2.87. The van der Waals surface area contributed by atoms with Gasteiger partial charge in [0.25, 0.3) is 5.91 Å². The van der Waals surface area contributed by atoms with E-state index < -0.39 is 5.91 Å². The molecule has 0 fully saturated rings. The number of H-pyrrole nitrogens is 1. The molecule has 2 aromatic rings. The average molecular weight is 252 g/mol. The van der Waals surface area contributed by atoms with E-state index in [1.165, 1.54) is 6.08 Å². The quantitative estimate of drug-likeness (QED) is 0.643. The molecule has 0 bridgehead atoms. The Morgan fingerprint density at radius 2 is 2.11 bits per heavy atom. The van der Waals surface area contributed by atoms with Crippen LogP contribution in [0.2, 0.25) is 0 Å². The molecule has 0 radical (unpaired) electrons. The first-order valence-electron chi connectivity index (χ1n) is 5.64. The number of nitrogens with two attached hydrogens (primary N) is 1. The highest BCUT2D eigenvalue weighted by Crippen LogP contribution is 2.23. The number of carbonyl (C=O) groups is 1. The van der Waals surface area contributed by atoms with E-state index in [1.54, 1.807) is 12.3 Å². The van der Waals surface area contributed by atoms with Crippen LogP contribution in [-0.4, -0.2) is 16.1 Å². The third kappa shape index (κ3) is 2.69. The second-order valence-corrected chi connectivity index (χ2v) is 4.10. The largest absolute Gasteiger partial charge is 0.365 e. The second kappa shape index (κ2) is 5.19. The molecule has 0 atom stereocenters. The van der Waals surface area contributed by atoms with Crippen molar-refractivity contribution in [2.45, 2.75) is 6.92 Å². The lowest BCUT2D eigenvalue weighted by atomic mass is 10.0. The number of primary amides is 1. The van der Waals surface area contributed by atoms with Gasteiger partial charge in [0.2, 0.25) is 0 Å². The van der Waals surface area contributed by atoms with Crippen LogP contribution in [0.15, 0.2) is 36.0 Å². The highest BCUT2D eigenvalue weighted by Gasteiger charge is 2.09. The normalized spacial score (nSPS) is 11.1. The second-order valence-electron chi connectivity index (χ2n) is 4.10. The zero-order chi connectivity index (χ0) is 13.8. The Bertz CT molecular complexity index is 674. The van der Waals surface area contributed by atoms with Crippen LogP contribution in [0.3, 0.4) is 0 Å². The molecule has 5 nitrogen and oxygen atoms in total. The monoisotopic (exact) mass is 252 g/mol. The van der Waals surface area contributed by atoms with E-state index in [0.29, 0.717) is 5.56 Å². The van der Waals surface area contributed by atoms with Crippen molar-refractivity contribution < 1.29 is 4.79 Å². The summed E-state index contributed by atoms with van der Waals surface area (Å²) < 4.78 is 0. The van der Waals surface area contributed by atoms with Crippen molar-refractivity contribution >= 4 is 12.0 Å². The number of nitrogens with zero attached hydrogens (tertiary/aromatic N) is 2. The molecule has 0 aliphatic rings. The minimum atomic E-state index is -0.751. The summed E-state index contributed by atoms with van der Waals surface area (Å²) in [5, 5.41) is 15.6. The highest BCUT2D eigenvalue weighted by atomic mass is 16.1. The number of nitriles is 1. The zero-order valence-electron chi connectivity index (χ0n) is 10.3. The fourth-order valence-corrected chi connectivity index (χ4v) is 1.67. The van der Waals surface area contributed by atoms with Crippen LogP contribution in [0.25, 0.3) is 17.3 Å². The molecule has 94 valence electrons. The molecule has 1 heterocycles. The maximum absolute atomic E-state index is 11.1. The third-order valence-corrected chi connectivity index (χ3v) is 2.69. The van der Waals surface area contributed by atoms with Gasteiger partial charge in [0.05, 0.1) is 11.9 Å². The number of carbonyl (C=O) groups excluding carboxylic acids is 1. The van der Waals surface area contributed by atoms with E-state index in [0.717, 1.165) is 16.8 Å². The summed E-state index contributed by atoms with van der Waals surface area (Å²) in [5.74, 6) is -0.751. The number of aromatic amines is 1. The molecule has 0 saturated heterocycles. The van der Waals surface area contributed by atoms with Crippen LogP contribution >= 0.6 is 0 Å². The molecule has 5 heteroatoms. The summed E-state index contributed by atoms with van der Waals surface area (Å²) >= 11 is 0. The first-order chi connectivity index (χ1) is 9.11. The number of hydrogen-bond donors (Lipinski definition) is 2. The molecule has 0 saturated carbocycles. The molecule has 2 rings (SSSR count). The van der Waals surface area contributed by atoms with E-state index in [2.05, 4.69) is 10.2 Å². The van der Waals surface area contributed by atoms with Gasteiger partial charge in [-0.3, -0.25) is 9.89 Å². The number of rotatable bonds is 3. The summed E-state index contributed by atoms with van der Waals surface area (Å²) in [6.07, 6.45) is 2.98. The Balaban J connectivity index is 2.46. The van der Waals surface area contributed by atoms with E-state index in [-0.39, 0.29) is 5.57 Å². The van der Waals surface area contributed by atoms with Gasteiger partial charge in [0.1, 0.15) is 11.6 Å². The van der Waals surface area contributed by atoms with Crippen LogP contribution in [0.5, 0.6) is 0 Å². The van der Waals surface area contributed by atoms with Crippen LogP contribution < -0.4 is 5.73 Å². The number of benzene rings is 1. The van der Waals surface area contributed by atoms with Crippen LogP contribution in [0, 0.1) is 18.3 Å². The Kier molecular flexibility index (Phi) is 3.44. The fourth-order valence-electron chi connectivity index (χ4n) is 1.67. The summed E-state index contributed by atoms with van der Waals surface area (Å²) in [4.78, 5) is 11.1. The summed E-state index contributed by atoms with van der Waals surface area (Å²) in [5.41, 5.74) is 8.48. The number of aromatic nitrogens is 2. The van der Waals surface area contributed by atoms with Gasteiger partial charge in [-0.05, 0) is 13.0 Å². The van der Waals surface area contributed by atoms with Crippen molar-refractivity contribution in [3.05, 3.63) is 47.2 Å². The molecule has 1 aromatic heterocycles. The minimum absolute atomic E-state index is 0.102. The molecule has 0 unspecified atom stereocenters. The molecule has 0 aliphatic heterocycles. The number of hydrogen-bond acceptors (Lipinski definition) is 3. The lowest BCUT2D eigenvalue weighted by Gasteiger charge is -2.01. The Morgan fingerprint density at radius 1 is 1.42 bits per heavy atom. The lowest BCUT2D eigenvalue weighted by Crippen LogP contribution is -2.12. The molecule has 0 aliphatic carbocycles. The van der Waals surface area contributed by atoms with Gasteiger partial charge < -0.3 is 5.73 Å². The van der Waals surface area contributed by atoms with Crippen molar-refractivity contribution in [3.63, 3.8) is 0 Å². The first kappa shape index (κ1) is 12.6. The molecule has 1 amide bonds. The summed E-state index contributed by atoms with van der Waals surface area (Å²) in [7, 11) is 0. The van der Waals surface area contributed by atoms with Gasteiger partial charge in [-0.25, -0.2) is 0 Å². The van der Waals surface area contributed by atoms with E-state index >= 15 is 0 Å². The Labute approximate surface area is 110 Å². The third-order valence-electron chi connectivity index (χ3n) is 2.69. The predicted octanol–water partition coefficient (Wildman–Crippen LogP) is 1.78. The topological polar surface area (TPSA) is 95.6 Å². The van der Waals surface area contributed by atoms with Gasteiger partial charge in [-0.1, -0.05) is 29.8 Å². The van der Waals surface area contributed by atoms with Crippen molar-refractivity contribution in [3.8, 4) is 17.3 Å². The Morgan fingerprint density at radius 3 is 2.68 bits per heavy atom. The molecular formula is C14H12N4O. The molecule has 3 N–H and O–H groups in total. The number of nitrogens with one attached hydrogen (secondary N) is 1. The smallest absolute Gasteiger partial charge is 0.259 e. The maximum atomic E-state index is 11.1. The van der Waals surface area contributed by atoms with E-state index in [4.69, 9.17) is 11.0 Å². The number of aryl methyl sites for hydroxylation is 1. The highest BCUT2D eigenvalue weighted by molar-refractivity contribution is 6.01. The average Bonchev–Trinajstić information content (AvgIpc) is 2.84. The zero-order valence-corrected chi connectivity index (χ0v) is 10.3. The van der Waals surface area contributed by atoms with Crippen molar-refractivity contribution in [2.75, 3.05) is 0 Å². The van der Waals surface area contributed by atoms with Gasteiger partial charge in [0.15, 0.2) is 0 Å². The van der Waals surface area contributed by atoms with Crippen LogP contribution in [-0.2, 0) is 4.79 Å².